The summed E-state index contributed by atoms with van der Waals surface area (Å²) in [5.41, 5.74) is 2.15. The minimum Gasteiger partial charge on any atom is -0.481 e. The monoisotopic (exact) mass is 340 g/mol. The number of halogens is 1. The number of carboxylic acids is 1. The largest absolute Gasteiger partial charge is 0.481 e. The normalized spacial score (nSPS) is 12.4. The van der Waals surface area contributed by atoms with Gasteiger partial charge in [-0.15, -0.1) is 11.3 Å². The number of thiophene rings is 1. The van der Waals surface area contributed by atoms with Gasteiger partial charge in [0.1, 0.15) is 0 Å². The lowest BCUT2D eigenvalue weighted by Crippen LogP contribution is -2.13. The van der Waals surface area contributed by atoms with Gasteiger partial charge in [0.05, 0.1) is 14.6 Å². The maximum atomic E-state index is 11.1. The van der Waals surface area contributed by atoms with Crippen LogP contribution in [0.5, 0.6) is 0 Å². The zero-order valence-electron chi connectivity index (χ0n) is 10.8. The van der Waals surface area contributed by atoms with Crippen LogP contribution < -0.4 is 0 Å². The van der Waals surface area contributed by atoms with Crippen LogP contribution in [-0.2, 0) is 4.79 Å². The third-order valence-corrected chi connectivity index (χ3v) is 4.54. The van der Waals surface area contributed by atoms with Crippen molar-refractivity contribution < 1.29 is 9.90 Å². The molecular formula is C13H13BrN2O2S. The van der Waals surface area contributed by atoms with Gasteiger partial charge < -0.3 is 5.11 Å². The highest BCUT2D eigenvalue weighted by Gasteiger charge is 2.21. The Morgan fingerprint density at radius 1 is 1.32 bits per heavy atom. The van der Waals surface area contributed by atoms with Crippen LogP contribution >= 0.6 is 27.3 Å². The molecular weight excluding hydrogens is 328 g/mol. The van der Waals surface area contributed by atoms with Gasteiger partial charge in [0.2, 0.25) is 0 Å². The Morgan fingerprint density at radius 3 is 2.32 bits per heavy atom. The van der Waals surface area contributed by atoms with Crippen LogP contribution in [0, 0.1) is 13.8 Å². The van der Waals surface area contributed by atoms with Gasteiger partial charge in [0.15, 0.2) is 5.82 Å². The lowest BCUT2D eigenvalue weighted by Gasteiger charge is -2.13. The predicted molar refractivity (Wildman–Crippen MR) is 78.6 cm³/mol. The summed E-state index contributed by atoms with van der Waals surface area (Å²) in [7, 11) is 0. The average molecular weight is 341 g/mol. The average Bonchev–Trinajstić information content (AvgIpc) is 2.74. The van der Waals surface area contributed by atoms with E-state index in [9.17, 15) is 4.79 Å². The van der Waals surface area contributed by atoms with Crippen molar-refractivity contribution in [3.63, 3.8) is 0 Å². The fourth-order valence-corrected chi connectivity index (χ4v) is 3.34. The first kappa shape index (κ1) is 14.1. The Kier molecular flexibility index (Phi) is 4.01. The molecule has 0 bridgehead atoms. The van der Waals surface area contributed by atoms with Crippen molar-refractivity contribution in [2.45, 2.75) is 26.7 Å². The van der Waals surface area contributed by atoms with E-state index in [1.807, 2.05) is 26.0 Å². The highest BCUT2D eigenvalue weighted by atomic mass is 79.9. The van der Waals surface area contributed by atoms with Crippen LogP contribution in [0.4, 0.5) is 0 Å². The lowest BCUT2D eigenvalue weighted by molar-refractivity contribution is -0.138. The minimum atomic E-state index is -0.860. The summed E-state index contributed by atoms with van der Waals surface area (Å²) in [6.45, 7) is 5.31. The van der Waals surface area contributed by atoms with Gasteiger partial charge >= 0.3 is 5.97 Å². The number of carboxylic acid groups (broad SMARTS) is 1. The van der Waals surface area contributed by atoms with Crippen LogP contribution in [0.2, 0.25) is 0 Å². The molecule has 0 fully saturated rings. The molecule has 0 saturated carbocycles. The molecule has 0 aromatic carbocycles. The van der Waals surface area contributed by atoms with Gasteiger partial charge in [-0.25, -0.2) is 9.97 Å². The van der Waals surface area contributed by atoms with E-state index in [0.29, 0.717) is 11.4 Å². The fraction of sp³-hybridized carbons (Fsp3) is 0.308. The summed E-state index contributed by atoms with van der Waals surface area (Å²) in [5, 5.41) is 9.11. The summed E-state index contributed by atoms with van der Waals surface area (Å²) in [5.74, 6) is -0.808. The number of hydrogen-bond acceptors (Lipinski definition) is 4. The van der Waals surface area contributed by atoms with Gasteiger partial charge in [-0.05, 0) is 48.8 Å². The van der Waals surface area contributed by atoms with Crippen molar-refractivity contribution in [2.75, 3.05) is 0 Å². The number of nitrogens with zero attached hydrogens (tertiary/aromatic N) is 2. The molecule has 100 valence electrons. The molecule has 1 atom stereocenters. The number of carbonyl (C=O) groups is 1. The molecule has 0 aliphatic rings. The summed E-state index contributed by atoms with van der Waals surface area (Å²) >= 11 is 4.96. The molecule has 0 amide bonds. The second-order valence-electron chi connectivity index (χ2n) is 4.30. The third-order valence-electron chi connectivity index (χ3n) is 2.92. The van der Waals surface area contributed by atoms with Crippen molar-refractivity contribution >= 4 is 33.2 Å². The van der Waals surface area contributed by atoms with E-state index in [1.54, 1.807) is 18.3 Å². The number of hydrogen-bond donors (Lipinski definition) is 1. The maximum Gasteiger partial charge on any atom is 0.310 e. The smallest absolute Gasteiger partial charge is 0.310 e. The van der Waals surface area contributed by atoms with Crippen molar-refractivity contribution in [3.8, 4) is 10.7 Å². The Bertz CT molecular complexity index is 616. The van der Waals surface area contributed by atoms with E-state index in [4.69, 9.17) is 5.11 Å². The van der Waals surface area contributed by atoms with E-state index in [1.165, 1.54) is 0 Å². The molecule has 0 aliphatic heterocycles. The zero-order valence-corrected chi connectivity index (χ0v) is 13.2. The van der Waals surface area contributed by atoms with Gasteiger partial charge in [-0.2, -0.15) is 0 Å². The third kappa shape index (κ3) is 2.84. The number of aromatic nitrogens is 2. The van der Waals surface area contributed by atoms with Crippen LogP contribution in [0.25, 0.3) is 10.7 Å². The molecule has 4 nitrogen and oxygen atoms in total. The van der Waals surface area contributed by atoms with Crippen molar-refractivity contribution in [2.24, 2.45) is 0 Å². The molecule has 0 spiro atoms. The molecule has 1 unspecified atom stereocenters. The quantitative estimate of drug-likeness (QED) is 0.923. The molecule has 2 heterocycles. The standard InChI is InChI=1S/C13H13BrN2O2S/c1-6(13(17)18)11-7(2)15-12(16-8(11)3)9-4-5-10(14)19-9/h4-6H,1-3H3,(H,17,18). The van der Waals surface area contributed by atoms with E-state index >= 15 is 0 Å². The molecule has 2 aromatic heterocycles. The zero-order chi connectivity index (χ0) is 14.2. The maximum absolute atomic E-state index is 11.1. The molecule has 0 saturated heterocycles. The van der Waals surface area contributed by atoms with Crippen LogP contribution in [-0.4, -0.2) is 21.0 Å². The molecule has 2 rings (SSSR count). The predicted octanol–water partition coefficient (Wildman–Crippen LogP) is 3.77. The molecule has 19 heavy (non-hydrogen) atoms. The molecule has 1 N–H and O–H groups in total. The summed E-state index contributed by atoms with van der Waals surface area (Å²) < 4.78 is 1.02. The van der Waals surface area contributed by atoms with Crippen LogP contribution in [0.1, 0.15) is 29.8 Å². The Balaban J connectivity index is 2.51. The van der Waals surface area contributed by atoms with E-state index in [2.05, 4.69) is 25.9 Å². The number of aliphatic carboxylic acids is 1. The number of rotatable bonds is 3. The first-order valence-electron chi connectivity index (χ1n) is 5.73. The molecule has 2 aromatic rings. The summed E-state index contributed by atoms with van der Waals surface area (Å²) in [4.78, 5) is 20.9. The first-order chi connectivity index (χ1) is 8.90. The number of aryl methyl sites for hydroxylation is 2. The fourth-order valence-electron chi connectivity index (χ4n) is 2.02. The molecule has 0 radical (unpaired) electrons. The highest BCUT2D eigenvalue weighted by Crippen LogP contribution is 2.31. The Hall–Kier alpha value is -1.27. The first-order valence-corrected chi connectivity index (χ1v) is 7.34. The van der Waals surface area contributed by atoms with E-state index < -0.39 is 11.9 Å². The van der Waals surface area contributed by atoms with Gasteiger partial charge in [0, 0.05) is 17.0 Å². The minimum absolute atomic E-state index is 0.593. The van der Waals surface area contributed by atoms with Crippen LogP contribution in [0.3, 0.4) is 0 Å². The summed E-state index contributed by atoms with van der Waals surface area (Å²) in [6.07, 6.45) is 0. The lowest BCUT2D eigenvalue weighted by atomic mass is 9.98. The second-order valence-corrected chi connectivity index (χ2v) is 6.76. The van der Waals surface area contributed by atoms with E-state index in [0.717, 1.165) is 20.1 Å². The second kappa shape index (κ2) is 5.38. The topological polar surface area (TPSA) is 63.1 Å². The van der Waals surface area contributed by atoms with Gasteiger partial charge in [-0.3, -0.25) is 4.79 Å². The Labute approximate surface area is 123 Å². The van der Waals surface area contributed by atoms with Gasteiger partial charge in [0.25, 0.3) is 0 Å². The van der Waals surface area contributed by atoms with Crippen molar-refractivity contribution in [1.29, 1.82) is 0 Å². The highest BCUT2D eigenvalue weighted by molar-refractivity contribution is 9.11. The Morgan fingerprint density at radius 2 is 1.89 bits per heavy atom. The van der Waals surface area contributed by atoms with Crippen LogP contribution in [0.15, 0.2) is 15.9 Å². The van der Waals surface area contributed by atoms with E-state index in [-0.39, 0.29) is 0 Å². The SMILES string of the molecule is Cc1nc(-c2ccc(Br)s2)nc(C)c1C(C)C(=O)O. The molecule has 0 aliphatic carbocycles. The van der Waals surface area contributed by atoms with Crippen molar-refractivity contribution in [1.82, 2.24) is 9.97 Å². The van der Waals surface area contributed by atoms with Crippen molar-refractivity contribution in [3.05, 3.63) is 32.9 Å². The van der Waals surface area contributed by atoms with Gasteiger partial charge in [-0.1, -0.05) is 0 Å². The molecule has 6 heteroatoms. The summed E-state index contributed by atoms with van der Waals surface area (Å²) in [6, 6.07) is 3.89.